The molecule has 0 bridgehead atoms. The molecular formula is C24H17F2N3O2S. The van der Waals surface area contributed by atoms with Gasteiger partial charge < -0.3 is 15.4 Å². The second kappa shape index (κ2) is 8.39. The van der Waals surface area contributed by atoms with E-state index in [1.54, 1.807) is 12.1 Å². The topological polar surface area (TPSA) is 63.2 Å². The first-order chi connectivity index (χ1) is 15.6. The van der Waals surface area contributed by atoms with Crippen LogP contribution in [0.4, 0.5) is 13.6 Å². The van der Waals surface area contributed by atoms with Gasteiger partial charge in [0, 0.05) is 5.57 Å². The van der Waals surface area contributed by atoms with Gasteiger partial charge in [0.25, 0.3) is 0 Å². The largest absolute Gasteiger partial charge is 0.435 e. The number of hydrogen-bond acceptors (Lipinski definition) is 4. The van der Waals surface area contributed by atoms with Crippen molar-refractivity contribution in [3.05, 3.63) is 95.0 Å². The number of alkyl halides is 2. The summed E-state index contributed by atoms with van der Waals surface area (Å²) in [5, 5.41) is 6.65. The molecule has 2 N–H and O–H groups in total. The Morgan fingerprint density at radius 3 is 2.38 bits per heavy atom. The van der Waals surface area contributed by atoms with Crippen molar-refractivity contribution in [1.29, 1.82) is 0 Å². The lowest BCUT2D eigenvalue weighted by molar-refractivity contribution is -0.0498. The zero-order chi connectivity index (χ0) is 22.1. The molecule has 3 aromatic carbocycles. The minimum atomic E-state index is -2.90. The molecule has 0 saturated carbocycles. The molecule has 2 amide bonds. The van der Waals surface area contributed by atoms with E-state index in [1.165, 1.54) is 23.5 Å². The molecule has 160 valence electrons. The van der Waals surface area contributed by atoms with Crippen LogP contribution in [-0.4, -0.2) is 17.6 Å². The molecular weight excluding hydrogens is 432 g/mol. The first-order valence-corrected chi connectivity index (χ1v) is 10.7. The molecule has 5 rings (SSSR count). The van der Waals surface area contributed by atoms with Crippen LogP contribution in [0.1, 0.15) is 22.2 Å². The predicted octanol–water partition coefficient (Wildman–Crippen LogP) is 5.82. The number of para-hydroxylation sites is 1. The summed E-state index contributed by atoms with van der Waals surface area (Å²) in [6.45, 7) is -2.90. The van der Waals surface area contributed by atoms with Gasteiger partial charge in [-0.1, -0.05) is 54.6 Å². The van der Waals surface area contributed by atoms with E-state index in [-0.39, 0.29) is 11.8 Å². The predicted molar refractivity (Wildman–Crippen MR) is 120 cm³/mol. The quantitative estimate of drug-likeness (QED) is 0.404. The SMILES string of the molecule is O=C1NC(c2ccccc2)=C(c2nc3ccccc3s2)[C@@H](c2ccc(OC(F)F)cc2)N1. The molecule has 1 atom stereocenters. The zero-order valence-electron chi connectivity index (χ0n) is 16.6. The number of rotatable bonds is 5. The highest BCUT2D eigenvalue weighted by atomic mass is 32.1. The van der Waals surface area contributed by atoms with Gasteiger partial charge in [0.2, 0.25) is 0 Å². The number of carbonyl (C=O) groups is 1. The van der Waals surface area contributed by atoms with Crippen molar-refractivity contribution in [2.75, 3.05) is 0 Å². The van der Waals surface area contributed by atoms with E-state index in [4.69, 9.17) is 4.98 Å². The number of ether oxygens (including phenoxy) is 1. The lowest BCUT2D eigenvalue weighted by Gasteiger charge is -2.30. The molecule has 5 nitrogen and oxygen atoms in total. The smallest absolute Gasteiger partial charge is 0.387 e. The summed E-state index contributed by atoms with van der Waals surface area (Å²) in [5.74, 6) is 0.0535. The van der Waals surface area contributed by atoms with Crippen molar-refractivity contribution >= 4 is 38.9 Å². The normalized spacial score (nSPS) is 16.2. The summed E-state index contributed by atoms with van der Waals surface area (Å²) >= 11 is 1.53. The van der Waals surface area contributed by atoms with Crippen molar-refractivity contribution in [2.45, 2.75) is 12.7 Å². The number of carbonyl (C=O) groups excluding carboxylic acids is 1. The van der Waals surface area contributed by atoms with Crippen LogP contribution in [0.15, 0.2) is 78.9 Å². The van der Waals surface area contributed by atoms with Crippen LogP contribution in [0.25, 0.3) is 21.5 Å². The number of thiazole rings is 1. The molecule has 32 heavy (non-hydrogen) atoms. The van der Waals surface area contributed by atoms with E-state index in [9.17, 15) is 13.6 Å². The third kappa shape index (κ3) is 3.92. The van der Waals surface area contributed by atoms with E-state index in [2.05, 4.69) is 15.4 Å². The fraction of sp³-hybridized carbons (Fsp3) is 0.0833. The Bertz CT molecular complexity index is 1270. The number of fused-ring (bicyclic) bond motifs is 1. The first kappa shape index (κ1) is 20.1. The van der Waals surface area contributed by atoms with Crippen LogP contribution in [-0.2, 0) is 0 Å². The summed E-state index contributed by atoms with van der Waals surface area (Å²) in [6.07, 6.45) is 0. The van der Waals surface area contributed by atoms with E-state index in [1.807, 2.05) is 54.6 Å². The lowest BCUT2D eigenvalue weighted by Crippen LogP contribution is -2.42. The molecule has 0 saturated heterocycles. The zero-order valence-corrected chi connectivity index (χ0v) is 17.4. The summed E-state index contributed by atoms with van der Waals surface area (Å²) < 4.78 is 30.6. The number of aromatic nitrogens is 1. The average Bonchev–Trinajstić information content (AvgIpc) is 3.23. The second-order valence-corrected chi connectivity index (χ2v) is 8.15. The van der Waals surface area contributed by atoms with Gasteiger partial charge >= 0.3 is 12.6 Å². The molecule has 0 radical (unpaired) electrons. The Hall–Kier alpha value is -3.78. The van der Waals surface area contributed by atoms with Crippen molar-refractivity contribution in [3.8, 4) is 5.75 Å². The fourth-order valence-electron chi connectivity index (χ4n) is 3.71. The Kier molecular flexibility index (Phi) is 5.28. The summed E-state index contributed by atoms with van der Waals surface area (Å²) in [7, 11) is 0. The monoisotopic (exact) mass is 449 g/mol. The van der Waals surface area contributed by atoms with Crippen molar-refractivity contribution in [1.82, 2.24) is 15.6 Å². The van der Waals surface area contributed by atoms with E-state index >= 15 is 0 Å². The first-order valence-electron chi connectivity index (χ1n) is 9.86. The molecule has 1 aliphatic rings. The number of hydrogen-bond donors (Lipinski definition) is 2. The van der Waals surface area contributed by atoms with Gasteiger partial charge in [-0.2, -0.15) is 8.78 Å². The van der Waals surface area contributed by atoms with Gasteiger partial charge in [-0.3, -0.25) is 0 Å². The Morgan fingerprint density at radius 2 is 1.66 bits per heavy atom. The number of benzene rings is 3. The van der Waals surface area contributed by atoms with Gasteiger partial charge in [-0.15, -0.1) is 11.3 Å². The summed E-state index contributed by atoms with van der Waals surface area (Å²) in [6, 6.07) is 22.8. The molecule has 4 aromatic rings. The average molecular weight is 449 g/mol. The Balaban J connectivity index is 1.68. The highest BCUT2D eigenvalue weighted by Crippen LogP contribution is 2.41. The third-order valence-electron chi connectivity index (χ3n) is 5.10. The van der Waals surface area contributed by atoms with Gasteiger partial charge in [0.05, 0.1) is 22.0 Å². The van der Waals surface area contributed by atoms with Crippen LogP contribution in [0.3, 0.4) is 0 Å². The second-order valence-electron chi connectivity index (χ2n) is 7.12. The van der Waals surface area contributed by atoms with Gasteiger partial charge in [0.15, 0.2) is 0 Å². The highest BCUT2D eigenvalue weighted by Gasteiger charge is 2.32. The standard InChI is InChI=1S/C24H17F2N3O2S/c25-23(26)31-16-12-10-15(11-13-16)21-19(22-27-17-8-4-5-9-18(17)32-22)20(28-24(30)29-21)14-6-2-1-3-7-14/h1-13,21,23H,(H2,28,29,30)/t21-/m1/s1. The maximum absolute atomic E-state index is 12.6. The molecule has 8 heteroatoms. The van der Waals surface area contributed by atoms with E-state index in [0.29, 0.717) is 5.70 Å². The van der Waals surface area contributed by atoms with Gasteiger partial charge in [-0.25, -0.2) is 9.78 Å². The molecule has 0 spiro atoms. The van der Waals surface area contributed by atoms with Crippen LogP contribution in [0.5, 0.6) is 5.75 Å². The van der Waals surface area contributed by atoms with Crippen LogP contribution in [0.2, 0.25) is 0 Å². The van der Waals surface area contributed by atoms with Crippen LogP contribution < -0.4 is 15.4 Å². The van der Waals surface area contributed by atoms with Gasteiger partial charge in [0.1, 0.15) is 10.8 Å². The van der Waals surface area contributed by atoms with Crippen molar-refractivity contribution < 1.29 is 18.3 Å². The van der Waals surface area contributed by atoms with E-state index in [0.717, 1.165) is 31.9 Å². The number of halogens is 2. The maximum atomic E-state index is 12.6. The third-order valence-corrected chi connectivity index (χ3v) is 6.17. The van der Waals surface area contributed by atoms with Crippen LogP contribution in [0, 0.1) is 0 Å². The summed E-state index contributed by atoms with van der Waals surface area (Å²) in [5.41, 5.74) is 3.90. The van der Waals surface area contributed by atoms with Crippen molar-refractivity contribution in [2.24, 2.45) is 0 Å². The number of amides is 2. The molecule has 1 aromatic heterocycles. The number of urea groups is 1. The van der Waals surface area contributed by atoms with Crippen LogP contribution >= 0.6 is 11.3 Å². The Labute approximate surface area is 186 Å². The van der Waals surface area contributed by atoms with Gasteiger partial charge in [-0.05, 0) is 35.4 Å². The summed E-state index contributed by atoms with van der Waals surface area (Å²) in [4.78, 5) is 17.4. The minimum Gasteiger partial charge on any atom is -0.435 e. The van der Waals surface area contributed by atoms with E-state index < -0.39 is 12.7 Å². The number of nitrogens with zero attached hydrogens (tertiary/aromatic N) is 1. The molecule has 0 fully saturated rings. The molecule has 0 aliphatic carbocycles. The highest BCUT2D eigenvalue weighted by molar-refractivity contribution is 7.19. The van der Waals surface area contributed by atoms with Crippen molar-refractivity contribution in [3.63, 3.8) is 0 Å². The number of nitrogens with one attached hydrogen (secondary N) is 2. The molecule has 2 heterocycles. The maximum Gasteiger partial charge on any atom is 0.387 e. The Morgan fingerprint density at radius 1 is 0.938 bits per heavy atom. The molecule has 1 aliphatic heterocycles. The molecule has 0 unspecified atom stereocenters. The lowest BCUT2D eigenvalue weighted by atomic mass is 9.93. The minimum absolute atomic E-state index is 0.0535. The fourth-order valence-corrected chi connectivity index (χ4v) is 4.75.